The molecule has 0 aliphatic rings. The fourth-order valence-electron chi connectivity index (χ4n) is 1.87. The van der Waals surface area contributed by atoms with E-state index in [1.165, 1.54) is 16.5 Å². The number of nitrogens with one attached hydrogen (secondary N) is 1. The molecule has 0 fully saturated rings. The Hall–Kier alpha value is -2.02. The average molecular weight is 192 g/mol. The fraction of sp³-hybridized carbons (Fsp3) is 0. The Kier molecular flexibility index (Phi) is 1.82. The van der Waals surface area contributed by atoms with E-state index in [0.29, 0.717) is 0 Å². The molecule has 15 heavy (non-hydrogen) atoms. The second kappa shape index (κ2) is 3.28. The highest BCUT2D eigenvalue weighted by molar-refractivity contribution is 5.95. The molecular weight excluding hydrogens is 182 g/mol. The number of H-pyrrole nitrogens is 1. The first-order valence-electron chi connectivity index (χ1n) is 4.98. The largest absolute Gasteiger partial charge is 0.361 e. The summed E-state index contributed by atoms with van der Waals surface area (Å²) in [5.74, 6) is 0. The summed E-state index contributed by atoms with van der Waals surface area (Å²) in [6.07, 6.45) is 2.05. The molecule has 0 atom stereocenters. The minimum atomic E-state index is 1.14. The van der Waals surface area contributed by atoms with Gasteiger partial charge in [-0.05, 0) is 17.7 Å². The molecular formula is C14H10N. The van der Waals surface area contributed by atoms with Crippen LogP contribution in [0.3, 0.4) is 0 Å². The lowest BCUT2D eigenvalue weighted by molar-refractivity contribution is 1.47. The third-order valence-corrected chi connectivity index (χ3v) is 2.61. The van der Waals surface area contributed by atoms with Gasteiger partial charge in [0.1, 0.15) is 0 Å². The first-order chi connectivity index (χ1) is 7.45. The first-order valence-corrected chi connectivity index (χ1v) is 4.98. The van der Waals surface area contributed by atoms with Gasteiger partial charge in [-0.1, -0.05) is 42.5 Å². The van der Waals surface area contributed by atoms with E-state index in [2.05, 4.69) is 41.4 Å². The second-order valence-corrected chi connectivity index (χ2v) is 3.54. The van der Waals surface area contributed by atoms with E-state index in [4.69, 9.17) is 0 Å². The minimum Gasteiger partial charge on any atom is -0.361 e. The number of aromatic nitrogens is 1. The molecule has 1 N–H and O–H groups in total. The lowest BCUT2D eigenvalue weighted by atomic mass is 10.1. The van der Waals surface area contributed by atoms with Crippen molar-refractivity contribution in [3.05, 3.63) is 60.8 Å². The van der Waals surface area contributed by atoms with E-state index in [-0.39, 0.29) is 0 Å². The van der Waals surface area contributed by atoms with Crippen molar-refractivity contribution in [1.82, 2.24) is 4.98 Å². The summed E-state index contributed by atoms with van der Waals surface area (Å²) in [5, 5.41) is 1.25. The van der Waals surface area contributed by atoms with E-state index in [9.17, 15) is 0 Å². The quantitative estimate of drug-likeness (QED) is 0.606. The van der Waals surface area contributed by atoms with Crippen LogP contribution in [-0.2, 0) is 0 Å². The summed E-state index contributed by atoms with van der Waals surface area (Å²) in [5.41, 5.74) is 3.63. The van der Waals surface area contributed by atoms with Gasteiger partial charge in [-0.25, -0.2) is 0 Å². The monoisotopic (exact) mass is 192 g/mol. The number of benzene rings is 2. The molecule has 1 nitrogen and oxygen atoms in total. The molecule has 1 aromatic heterocycles. The van der Waals surface area contributed by atoms with Crippen molar-refractivity contribution in [3.63, 3.8) is 0 Å². The molecule has 3 aromatic rings. The van der Waals surface area contributed by atoms with Crippen LogP contribution < -0.4 is 0 Å². The summed E-state index contributed by atoms with van der Waals surface area (Å²) < 4.78 is 0. The number of fused-ring (bicyclic) bond motifs is 1. The summed E-state index contributed by atoms with van der Waals surface area (Å²) in [4.78, 5) is 3.26. The van der Waals surface area contributed by atoms with E-state index in [0.717, 1.165) is 5.52 Å². The topological polar surface area (TPSA) is 15.8 Å². The van der Waals surface area contributed by atoms with Crippen LogP contribution in [0.15, 0.2) is 54.7 Å². The molecule has 1 heteroatoms. The Balaban J connectivity index is 2.28. The van der Waals surface area contributed by atoms with Crippen molar-refractivity contribution in [2.45, 2.75) is 0 Å². The Labute approximate surface area is 88.4 Å². The zero-order valence-electron chi connectivity index (χ0n) is 8.20. The molecule has 1 radical (unpaired) electrons. The van der Waals surface area contributed by atoms with Crippen molar-refractivity contribution in [2.75, 3.05) is 0 Å². The molecule has 1 heterocycles. The third-order valence-electron chi connectivity index (χ3n) is 2.61. The maximum Gasteiger partial charge on any atom is 0.0466 e. The number of hydrogen-bond acceptors (Lipinski definition) is 0. The Morgan fingerprint density at radius 2 is 1.87 bits per heavy atom. The summed E-state index contributed by atoms with van der Waals surface area (Å²) in [6, 6.07) is 19.5. The summed E-state index contributed by atoms with van der Waals surface area (Å²) in [6.45, 7) is 0. The van der Waals surface area contributed by atoms with Crippen LogP contribution in [0.1, 0.15) is 0 Å². The van der Waals surface area contributed by atoms with Crippen LogP contribution in [0.25, 0.3) is 22.0 Å². The van der Waals surface area contributed by atoms with Gasteiger partial charge < -0.3 is 4.98 Å². The van der Waals surface area contributed by atoms with Gasteiger partial charge in [-0.15, -0.1) is 0 Å². The second-order valence-electron chi connectivity index (χ2n) is 3.54. The van der Waals surface area contributed by atoms with Crippen molar-refractivity contribution < 1.29 is 0 Å². The Bertz CT molecular complexity index is 578. The molecule has 0 amide bonds. The van der Waals surface area contributed by atoms with Crippen molar-refractivity contribution in [1.29, 1.82) is 0 Å². The van der Waals surface area contributed by atoms with Gasteiger partial charge in [-0.2, -0.15) is 0 Å². The van der Waals surface area contributed by atoms with E-state index in [1.54, 1.807) is 0 Å². The van der Waals surface area contributed by atoms with Gasteiger partial charge in [-0.3, -0.25) is 0 Å². The zero-order valence-corrected chi connectivity index (χ0v) is 8.20. The smallest absolute Gasteiger partial charge is 0.0466 e. The van der Waals surface area contributed by atoms with Crippen LogP contribution in [0, 0.1) is 6.07 Å². The SMILES string of the molecule is [c]1ccc2c(-c3ccccc3)c[nH]c2c1. The number of rotatable bonds is 1. The Morgan fingerprint density at radius 1 is 1.00 bits per heavy atom. The molecule has 0 aliphatic heterocycles. The number of aromatic amines is 1. The van der Waals surface area contributed by atoms with Gasteiger partial charge >= 0.3 is 0 Å². The molecule has 0 saturated heterocycles. The molecule has 0 spiro atoms. The van der Waals surface area contributed by atoms with Crippen LogP contribution in [0.4, 0.5) is 0 Å². The molecule has 0 aliphatic carbocycles. The summed E-state index contributed by atoms with van der Waals surface area (Å²) >= 11 is 0. The highest BCUT2D eigenvalue weighted by atomic mass is 14.7. The van der Waals surface area contributed by atoms with Gasteiger partial charge in [0.25, 0.3) is 0 Å². The molecule has 0 bridgehead atoms. The summed E-state index contributed by atoms with van der Waals surface area (Å²) in [7, 11) is 0. The highest BCUT2D eigenvalue weighted by Gasteiger charge is 2.03. The predicted molar refractivity (Wildman–Crippen MR) is 62.6 cm³/mol. The van der Waals surface area contributed by atoms with Crippen molar-refractivity contribution >= 4 is 10.9 Å². The van der Waals surface area contributed by atoms with Crippen LogP contribution in [0.2, 0.25) is 0 Å². The van der Waals surface area contributed by atoms with Crippen LogP contribution in [-0.4, -0.2) is 4.98 Å². The highest BCUT2D eigenvalue weighted by Crippen LogP contribution is 2.27. The Morgan fingerprint density at radius 3 is 2.73 bits per heavy atom. The molecule has 3 rings (SSSR count). The molecule has 0 saturated carbocycles. The lowest BCUT2D eigenvalue weighted by Gasteiger charge is -1.97. The molecule has 0 unspecified atom stereocenters. The van der Waals surface area contributed by atoms with Crippen molar-refractivity contribution in [3.8, 4) is 11.1 Å². The van der Waals surface area contributed by atoms with E-state index < -0.39 is 0 Å². The van der Waals surface area contributed by atoms with Crippen LogP contribution >= 0.6 is 0 Å². The van der Waals surface area contributed by atoms with E-state index in [1.807, 2.05) is 24.4 Å². The third kappa shape index (κ3) is 1.33. The van der Waals surface area contributed by atoms with Gasteiger partial charge in [0.15, 0.2) is 0 Å². The van der Waals surface area contributed by atoms with Gasteiger partial charge in [0.2, 0.25) is 0 Å². The molecule has 2 aromatic carbocycles. The number of hydrogen-bond donors (Lipinski definition) is 1. The van der Waals surface area contributed by atoms with Crippen LogP contribution in [0.5, 0.6) is 0 Å². The fourth-order valence-corrected chi connectivity index (χ4v) is 1.87. The maximum absolute atomic E-state index is 3.26. The van der Waals surface area contributed by atoms with E-state index >= 15 is 0 Å². The molecule has 71 valence electrons. The van der Waals surface area contributed by atoms with Crippen molar-refractivity contribution in [2.24, 2.45) is 0 Å². The zero-order chi connectivity index (χ0) is 10.1. The average Bonchev–Trinajstić information content (AvgIpc) is 2.74. The minimum absolute atomic E-state index is 1.14. The first kappa shape index (κ1) is 8.30. The normalized spacial score (nSPS) is 10.7. The predicted octanol–water partition coefficient (Wildman–Crippen LogP) is 3.64. The maximum atomic E-state index is 3.26. The van der Waals surface area contributed by atoms with Gasteiger partial charge in [0.05, 0.1) is 0 Å². The van der Waals surface area contributed by atoms with Gasteiger partial charge in [0, 0.05) is 22.7 Å². The standard InChI is InChI=1S/C14H10N/c1-2-6-11(7-3-1)13-10-15-14-9-5-4-8-12(13)14/h1-4,6-10,15H. The lowest BCUT2D eigenvalue weighted by Crippen LogP contribution is -1.73.